The molecule has 0 aromatic rings. The number of carbonyl (C=O) groups excluding carboxylic acids is 4. The first-order chi connectivity index (χ1) is 47.4. The van der Waals surface area contributed by atoms with Crippen LogP contribution in [0.15, 0.2) is 0 Å². The van der Waals surface area contributed by atoms with Crippen LogP contribution < -0.4 is 0 Å². The van der Waals surface area contributed by atoms with Crippen molar-refractivity contribution in [1.82, 2.24) is 0 Å². The van der Waals surface area contributed by atoms with Crippen molar-refractivity contribution in [2.75, 3.05) is 39.6 Å². The monoisotopic (exact) mass is 1440 g/mol. The molecule has 98 heavy (non-hydrogen) atoms. The fourth-order valence-electron chi connectivity index (χ4n) is 12.2. The lowest BCUT2D eigenvalue weighted by atomic mass is 10.0. The maximum Gasteiger partial charge on any atom is 0.472 e. The summed E-state index contributed by atoms with van der Waals surface area (Å²) in [6.07, 6.45) is 59.6. The second kappa shape index (κ2) is 70.7. The van der Waals surface area contributed by atoms with Gasteiger partial charge in [0.05, 0.1) is 26.4 Å². The van der Waals surface area contributed by atoms with Gasteiger partial charge in [-0.1, -0.05) is 363 Å². The Hall–Kier alpha value is -1.94. The quantitative estimate of drug-likeness (QED) is 0.0222. The average Bonchev–Trinajstić information content (AvgIpc) is 1.02. The molecule has 0 rings (SSSR count). The van der Waals surface area contributed by atoms with Crippen LogP contribution in [0.2, 0.25) is 0 Å². The third-order valence-corrected chi connectivity index (χ3v) is 20.4. The summed E-state index contributed by atoms with van der Waals surface area (Å²) in [5.41, 5.74) is 0. The van der Waals surface area contributed by atoms with Crippen LogP contribution in [0.4, 0.5) is 0 Å². The van der Waals surface area contributed by atoms with Crippen LogP contribution in [-0.4, -0.2) is 96.7 Å². The van der Waals surface area contributed by atoms with Gasteiger partial charge in [0, 0.05) is 25.7 Å². The Morgan fingerprint density at radius 1 is 0.276 bits per heavy atom. The highest BCUT2D eigenvalue weighted by molar-refractivity contribution is 7.47. The maximum atomic E-state index is 13.1. The van der Waals surface area contributed by atoms with E-state index in [0.717, 1.165) is 102 Å². The molecule has 2 unspecified atom stereocenters. The van der Waals surface area contributed by atoms with Crippen molar-refractivity contribution in [3.05, 3.63) is 0 Å². The van der Waals surface area contributed by atoms with E-state index in [1.54, 1.807) is 0 Å². The van der Waals surface area contributed by atoms with Gasteiger partial charge in [-0.15, -0.1) is 0 Å². The lowest BCUT2D eigenvalue weighted by Gasteiger charge is -2.21. The van der Waals surface area contributed by atoms with Crippen LogP contribution >= 0.6 is 15.6 Å². The number of aliphatic hydroxyl groups is 1. The molecule has 0 amide bonds. The zero-order valence-electron chi connectivity index (χ0n) is 64.1. The van der Waals surface area contributed by atoms with Crippen molar-refractivity contribution < 1.29 is 80.2 Å². The van der Waals surface area contributed by atoms with Gasteiger partial charge in [-0.05, 0) is 37.5 Å². The summed E-state index contributed by atoms with van der Waals surface area (Å²) in [4.78, 5) is 72.9. The third-order valence-electron chi connectivity index (χ3n) is 18.5. The summed E-state index contributed by atoms with van der Waals surface area (Å²) in [6.45, 7) is 9.66. The summed E-state index contributed by atoms with van der Waals surface area (Å²) in [5.74, 6) is -0.510. The van der Waals surface area contributed by atoms with Gasteiger partial charge in [-0.2, -0.15) is 0 Å². The van der Waals surface area contributed by atoms with Crippen molar-refractivity contribution in [1.29, 1.82) is 0 Å². The summed E-state index contributed by atoms with van der Waals surface area (Å²) < 4.78 is 68.6. The maximum absolute atomic E-state index is 13.1. The molecule has 0 radical (unpaired) electrons. The van der Waals surface area contributed by atoms with Crippen LogP contribution in [0.25, 0.3) is 0 Å². The van der Waals surface area contributed by atoms with Crippen molar-refractivity contribution in [2.45, 2.75) is 432 Å². The van der Waals surface area contributed by atoms with Crippen LogP contribution in [0.3, 0.4) is 0 Å². The van der Waals surface area contributed by atoms with E-state index in [1.807, 2.05) is 0 Å². The number of hydrogen-bond acceptors (Lipinski definition) is 15. The van der Waals surface area contributed by atoms with Crippen LogP contribution in [0.5, 0.6) is 0 Å². The van der Waals surface area contributed by atoms with Crippen molar-refractivity contribution >= 4 is 39.5 Å². The molecule has 0 heterocycles. The van der Waals surface area contributed by atoms with Crippen molar-refractivity contribution in [3.8, 4) is 0 Å². The molecule has 0 spiro atoms. The molecule has 0 bridgehead atoms. The molecule has 0 aliphatic carbocycles. The molecular formula is C79H154O17P2. The summed E-state index contributed by atoms with van der Waals surface area (Å²) in [5, 5.41) is 10.6. The summed E-state index contributed by atoms with van der Waals surface area (Å²) >= 11 is 0. The minimum atomic E-state index is -4.96. The van der Waals surface area contributed by atoms with Gasteiger partial charge in [-0.3, -0.25) is 37.3 Å². The molecule has 19 heteroatoms. The zero-order valence-corrected chi connectivity index (χ0v) is 65.9. The Morgan fingerprint density at radius 2 is 0.469 bits per heavy atom. The zero-order chi connectivity index (χ0) is 72.1. The van der Waals surface area contributed by atoms with E-state index in [0.29, 0.717) is 25.7 Å². The van der Waals surface area contributed by atoms with E-state index in [1.165, 1.54) is 231 Å². The smallest absolute Gasteiger partial charge is 0.462 e. The number of carbonyl (C=O) groups is 4. The second-order valence-corrected chi connectivity index (χ2v) is 32.3. The van der Waals surface area contributed by atoms with Crippen molar-refractivity contribution in [2.24, 2.45) is 11.8 Å². The Kier molecular flexibility index (Phi) is 69.3. The topological polar surface area (TPSA) is 237 Å². The van der Waals surface area contributed by atoms with Gasteiger partial charge in [-0.25, -0.2) is 9.13 Å². The molecular weight excluding hydrogens is 1280 g/mol. The number of ether oxygens (including phenoxy) is 4. The van der Waals surface area contributed by atoms with E-state index < -0.39 is 97.5 Å². The van der Waals surface area contributed by atoms with Gasteiger partial charge in [0.15, 0.2) is 12.2 Å². The number of esters is 4. The molecule has 0 aromatic heterocycles. The summed E-state index contributed by atoms with van der Waals surface area (Å²) in [6, 6.07) is 0. The van der Waals surface area contributed by atoms with Crippen LogP contribution in [0.1, 0.15) is 414 Å². The fourth-order valence-corrected chi connectivity index (χ4v) is 13.8. The minimum Gasteiger partial charge on any atom is -0.462 e. The highest BCUT2D eigenvalue weighted by Gasteiger charge is 2.30. The minimum absolute atomic E-state index is 0.108. The molecule has 0 aliphatic heterocycles. The Bertz CT molecular complexity index is 1890. The number of phosphoric acid groups is 2. The summed E-state index contributed by atoms with van der Waals surface area (Å²) in [7, 11) is -9.91. The molecule has 0 fully saturated rings. The number of aliphatic hydroxyl groups excluding tert-OH is 1. The van der Waals surface area contributed by atoms with E-state index in [4.69, 9.17) is 37.0 Å². The fraction of sp³-hybridized carbons (Fsp3) is 0.949. The highest BCUT2D eigenvalue weighted by atomic mass is 31.2. The van der Waals surface area contributed by atoms with Gasteiger partial charge >= 0.3 is 39.5 Å². The predicted molar refractivity (Wildman–Crippen MR) is 400 cm³/mol. The molecule has 5 atom stereocenters. The standard InChI is InChI=1S/C79H154O17P2/c1-7-9-11-13-15-17-18-19-27-33-39-45-51-57-63-78(83)95-74(67-89-76(81)61-55-49-43-35-16-14-12-10-8-2)69-93-97(85,86)91-65-73(80)66-92-98(87,88)94-70-75(68-90-77(82)62-56-50-44-38-32-29-24-26-31-37-42-48-54-60-72(5)6)96-79(84)64-58-52-46-40-34-28-23-21-20-22-25-30-36-41-47-53-59-71(3)4/h71-75,80H,7-70H2,1-6H3,(H,85,86)(H,87,88)/t73-,74+,75+/m0/s1. The third kappa shape index (κ3) is 72.4. The number of hydrogen-bond donors (Lipinski definition) is 3. The van der Waals surface area contributed by atoms with Gasteiger partial charge in [0.1, 0.15) is 19.3 Å². The van der Waals surface area contributed by atoms with Crippen molar-refractivity contribution in [3.63, 3.8) is 0 Å². The van der Waals surface area contributed by atoms with E-state index >= 15 is 0 Å². The van der Waals surface area contributed by atoms with E-state index in [2.05, 4.69) is 41.5 Å². The molecule has 3 N–H and O–H groups in total. The Balaban J connectivity index is 5.22. The van der Waals surface area contributed by atoms with Gasteiger partial charge in [0.2, 0.25) is 0 Å². The number of rotatable bonds is 78. The largest absolute Gasteiger partial charge is 0.472 e. The molecule has 0 aromatic carbocycles. The predicted octanol–water partition coefficient (Wildman–Crippen LogP) is 23.5. The van der Waals surface area contributed by atoms with Crippen LogP contribution in [0, 0.1) is 11.8 Å². The first-order valence-corrected chi connectivity index (χ1v) is 44.0. The first kappa shape index (κ1) is 96.1. The molecule has 0 aliphatic rings. The number of phosphoric ester groups is 2. The Morgan fingerprint density at radius 3 is 0.694 bits per heavy atom. The molecule has 17 nitrogen and oxygen atoms in total. The molecule has 0 saturated heterocycles. The van der Waals surface area contributed by atoms with Gasteiger partial charge < -0.3 is 33.8 Å². The average molecular weight is 1440 g/mol. The highest BCUT2D eigenvalue weighted by Crippen LogP contribution is 2.45. The van der Waals surface area contributed by atoms with Gasteiger partial charge in [0.25, 0.3) is 0 Å². The van der Waals surface area contributed by atoms with E-state index in [-0.39, 0.29) is 25.7 Å². The Labute approximate surface area is 600 Å². The SMILES string of the molecule is CCCCCCCCCCCCCCCCC(=O)O[C@H](COC(=O)CCCCCCCCCCC)COP(=O)(O)OC[C@H](O)COP(=O)(O)OC[C@@H](COC(=O)CCCCCCCCCCCCCCCC(C)C)OC(=O)CCCCCCCCCCCCCCCCCCC(C)C. The lowest BCUT2D eigenvalue weighted by Crippen LogP contribution is -2.30. The normalized spacial score (nSPS) is 13.9. The molecule has 0 saturated carbocycles. The first-order valence-electron chi connectivity index (χ1n) is 41.0. The van der Waals surface area contributed by atoms with E-state index in [9.17, 15) is 43.2 Å². The number of unbranched alkanes of at least 4 members (excludes halogenated alkanes) is 48. The second-order valence-electron chi connectivity index (χ2n) is 29.4. The lowest BCUT2D eigenvalue weighted by molar-refractivity contribution is -0.161. The molecule has 582 valence electrons. The van der Waals surface area contributed by atoms with Crippen LogP contribution in [-0.2, 0) is 65.4 Å².